The van der Waals surface area contributed by atoms with Crippen LogP contribution >= 0.6 is 0 Å². The van der Waals surface area contributed by atoms with Crippen LogP contribution < -0.4 is 9.47 Å². The number of ether oxygens (including phenoxy) is 2. The van der Waals surface area contributed by atoms with Crippen LogP contribution in [0.3, 0.4) is 0 Å². The molecule has 0 bridgehead atoms. The number of rotatable bonds is 8. The van der Waals surface area contributed by atoms with Gasteiger partial charge in [0.05, 0.1) is 25.0 Å². The lowest BCUT2D eigenvalue weighted by Gasteiger charge is -2.09. The zero-order valence-corrected chi connectivity index (χ0v) is 17.3. The second kappa shape index (κ2) is 10.3. The molecule has 29 heavy (non-hydrogen) atoms. The molecule has 0 aliphatic heterocycles. The van der Waals surface area contributed by atoms with Crippen LogP contribution in [0.5, 0.6) is 11.5 Å². The molecule has 0 aliphatic carbocycles. The van der Waals surface area contributed by atoms with Crippen molar-refractivity contribution in [1.29, 1.82) is 0 Å². The molecule has 0 aromatic heterocycles. The van der Waals surface area contributed by atoms with Gasteiger partial charge in [-0.05, 0) is 96.1 Å². The van der Waals surface area contributed by atoms with E-state index in [9.17, 15) is 0 Å². The van der Waals surface area contributed by atoms with E-state index in [1.165, 1.54) is 5.56 Å². The third kappa shape index (κ3) is 5.60. The predicted octanol–water partition coefficient (Wildman–Crippen LogP) is 6.48. The molecule has 3 rings (SSSR count). The molecule has 0 fully saturated rings. The molecule has 0 spiro atoms. The van der Waals surface area contributed by atoms with Gasteiger partial charge in [0.25, 0.3) is 0 Å². The molecule has 0 atom stereocenters. The first kappa shape index (κ1) is 20.4. The number of methoxy groups -OCH3 is 1. The summed E-state index contributed by atoms with van der Waals surface area (Å²) in [7, 11) is 1.67. The van der Waals surface area contributed by atoms with Gasteiger partial charge >= 0.3 is 0 Å². The van der Waals surface area contributed by atoms with E-state index in [-0.39, 0.29) is 0 Å². The number of nitrogens with zero attached hydrogens (tertiary/aromatic N) is 1. The smallest absolute Gasteiger partial charge is 0.119 e. The third-order valence-corrected chi connectivity index (χ3v) is 4.64. The van der Waals surface area contributed by atoms with E-state index < -0.39 is 0 Å². The maximum atomic E-state index is 5.71. The van der Waals surface area contributed by atoms with Gasteiger partial charge in [-0.1, -0.05) is 26.0 Å². The fraction of sp³-hybridized carbons (Fsp3) is 0.231. The second-order valence-electron chi connectivity index (χ2n) is 6.72. The number of hydrogen-bond donors (Lipinski definition) is 0. The molecule has 0 saturated heterocycles. The van der Waals surface area contributed by atoms with Crippen LogP contribution in [0.4, 0.5) is 5.69 Å². The topological polar surface area (TPSA) is 30.8 Å². The molecule has 0 amide bonds. The first-order valence-corrected chi connectivity index (χ1v) is 10.0. The highest BCUT2D eigenvalue weighted by molar-refractivity contribution is 5.99. The number of aliphatic imine (C=N–C) groups is 1. The summed E-state index contributed by atoms with van der Waals surface area (Å²) < 4.78 is 11.0. The maximum absolute atomic E-state index is 5.71. The monoisotopic (exact) mass is 385 g/mol. The largest absolute Gasteiger partial charge is 0.497 e. The molecule has 3 aromatic carbocycles. The highest BCUT2D eigenvalue weighted by atomic mass is 16.5. The predicted molar refractivity (Wildman–Crippen MR) is 121 cm³/mol. The Balaban J connectivity index is 1.99. The Morgan fingerprint density at radius 1 is 0.793 bits per heavy atom. The van der Waals surface area contributed by atoms with Crippen molar-refractivity contribution >= 4 is 17.1 Å². The van der Waals surface area contributed by atoms with Gasteiger partial charge in [0.2, 0.25) is 0 Å². The van der Waals surface area contributed by atoms with Crippen molar-refractivity contribution in [2.45, 2.75) is 26.7 Å². The van der Waals surface area contributed by atoms with Crippen LogP contribution in [0.15, 0.2) is 77.8 Å². The van der Waals surface area contributed by atoms with Gasteiger partial charge in [0.1, 0.15) is 11.5 Å². The fourth-order valence-electron chi connectivity index (χ4n) is 2.92. The zero-order valence-electron chi connectivity index (χ0n) is 17.3. The van der Waals surface area contributed by atoms with Crippen molar-refractivity contribution < 1.29 is 9.47 Å². The van der Waals surface area contributed by atoms with E-state index in [2.05, 4.69) is 36.8 Å². The normalized spacial score (nSPS) is 10.2. The average Bonchev–Trinajstić information content (AvgIpc) is 2.79. The van der Waals surface area contributed by atoms with Crippen molar-refractivity contribution in [3.8, 4) is 11.5 Å². The second-order valence-corrected chi connectivity index (χ2v) is 6.72. The van der Waals surface area contributed by atoms with E-state index in [1.54, 1.807) is 7.11 Å². The van der Waals surface area contributed by atoms with Gasteiger partial charge in [0.15, 0.2) is 0 Å². The van der Waals surface area contributed by atoms with Crippen LogP contribution in [-0.4, -0.2) is 19.6 Å². The molecule has 0 saturated carbocycles. The van der Waals surface area contributed by atoms with Crippen molar-refractivity contribution in [1.82, 2.24) is 0 Å². The Kier molecular flexibility index (Phi) is 7.27. The van der Waals surface area contributed by atoms with Gasteiger partial charge in [-0.3, -0.25) is 0 Å². The molecule has 0 N–H and O–H groups in total. The lowest BCUT2D eigenvalue weighted by Crippen LogP contribution is -1.95. The Labute approximate surface area is 173 Å². The quantitative estimate of drug-likeness (QED) is 0.416. The van der Waals surface area contributed by atoms with Crippen molar-refractivity contribution in [2.24, 2.45) is 4.99 Å². The minimum Gasteiger partial charge on any atom is -0.497 e. The summed E-state index contributed by atoms with van der Waals surface area (Å²) in [4.78, 5) is 4.60. The minimum absolute atomic E-state index is 0.718. The van der Waals surface area contributed by atoms with E-state index in [1.807, 2.05) is 60.7 Å². The molecule has 3 aromatic rings. The van der Waals surface area contributed by atoms with Crippen LogP contribution in [0.1, 0.15) is 37.0 Å². The van der Waals surface area contributed by atoms with E-state index in [0.717, 1.165) is 53.3 Å². The number of benzene rings is 3. The molecule has 0 unspecified atom stereocenters. The molecular weight excluding hydrogens is 358 g/mol. The standard InChI is InChI=1S/C26H27NO2/c1-4-18-29-25-16-10-22(11-17-25)26(21-8-14-24(28-3)15-9-21)19-27-23-12-6-20(5-2)7-13-23/h6-17H,4-5,18H2,1-3H3. The molecule has 3 heteroatoms. The van der Waals surface area contributed by atoms with E-state index >= 15 is 0 Å². The summed E-state index contributed by atoms with van der Waals surface area (Å²) in [5.41, 5.74) is 5.17. The maximum Gasteiger partial charge on any atom is 0.119 e. The summed E-state index contributed by atoms with van der Waals surface area (Å²) in [6.07, 6.45) is 2.01. The molecule has 0 aliphatic rings. The lowest BCUT2D eigenvalue weighted by atomic mass is 9.99. The Hall–Kier alpha value is -3.29. The average molecular weight is 386 g/mol. The van der Waals surface area contributed by atoms with Gasteiger partial charge in [-0.15, -0.1) is 0 Å². The van der Waals surface area contributed by atoms with E-state index in [0.29, 0.717) is 0 Å². The number of aryl methyl sites for hydroxylation is 1. The summed E-state index contributed by atoms with van der Waals surface area (Å²) in [6, 6.07) is 24.3. The lowest BCUT2D eigenvalue weighted by molar-refractivity contribution is 0.317. The summed E-state index contributed by atoms with van der Waals surface area (Å²) >= 11 is 0. The van der Waals surface area contributed by atoms with Crippen molar-refractivity contribution in [2.75, 3.05) is 13.7 Å². The first-order valence-electron chi connectivity index (χ1n) is 10.0. The highest BCUT2D eigenvalue weighted by Gasteiger charge is 2.07. The molecule has 3 nitrogen and oxygen atoms in total. The Bertz CT molecular complexity index is 965. The van der Waals surface area contributed by atoms with Crippen LogP contribution in [-0.2, 0) is 6.42 Å². The van der Waals surface area contributed by atoms with Crippen LogP contribution in [0.2, 0.25) is 0 Å². The molecule has 0 heterocycles. The molecular formula is C26H27NO2. The van der Waals surface area contributed by atoms with E-state index in [4.69, 9.17) is 9.47 Å². The SMILES string of the molecule is CCCOc1ccc(C(=C=Nc2ccc(CC)cc2)c2ccc(OC)cc2)cc1. The summed E-state index contributed by atoms with van der Waals surface area (Å²) in [5, 5.41) is 0. The van der Waals surface area contributed by atoms with Gasteiger partial charge in [0, 0.05) is 0 Å². The van der Waals surface area contributed by atoms with Crippen LogP contribution in [0.25, 0.3) is 5.57 Å². The van der Waals surface area contributed by atoms with Gasteiger partial charge in [-0.2, -0.15) is 0 Å². The van der Waals surface area contributed by atoms with Crippen molar-refractivity contribution in [3.05, 3.63) is 89.5 Å². The minimum atomic E-state index is 0.718. The zero-order chi connectivity index (χ0) is 20.5. The molecule has 0 radical (unpaired) electrons. The third-order valence-electron chi connectivity index (χ3n) is 4.64. The van der Waals surface area contributed by atoms with Crippen LogP contribution in [0, 0.1) is 0 Å². The first-order chi connectivity index (χ1) is 14.2. The Morgan fingerprint density at radius 3 is 1.90 bits per heavy atom. The molecule has 148 valence electrons. The number of hydrogen-bond acceptors (Lipinski definition) is 3. The van der Waals surface area contributed by atoms with Crippen molar-refractivity contribution in [3.63, 3.8) is 0 Å². The van der Waals surface area contributed by atoms with Gasteiger partial charge < -0.3 is 9.47 Å². The summed E-state index contributed by atoms with van der Waals surface area (Å²) in [5.74, 6) is 4.96. The summed E-state index contributed by atoms with van der Waals surface area (Å²) in [6.45, 7) is 4.96. The Morgan fingerprint density at radius 2 is 1.38 bits per heavy atom. The fourth-order valence-corrected chi connectivity index (χ4v) is 2.92. The van der Waals surface area contributed by atoms with Gasteiger partial charge in [-0.25, -0.2) is 4.99 Å². The highest BCUT2D eigenvalue weighted by Crippen LogP contribution is 2.25.